The average Bonchev–Trinajstić information content (AvgIpc) is 2.88. The first-order chi connectivity index (χ1) is 18.1. The molecule has 0 amide bonds. The van der Waals surface area contributed by atoms with Crippen molar-refractivity contribution in [2.45, 2.75) is 193 Å². The van der Waals surface area contributed by atoms with E-state index in [0.717, 1.165) is 50.9 Å². The number of rotatable bonds is 30. The highest BCUT2D eigenvalue weighted by Crippen LogP contribution is 2.18. The molecule has 0 heterocycles. The summed E-state index contributed by atoms with van der Waals surface area (Å²) < 4.78 is 0. The number of hydrogen-bond acceptors (Lipinski definition) is 3. The molecule has 0 saturated carbocycles. The van der Waals surface area contributed by atoms with Crippen LogP contribution in [0.2, 0.25) is 0 Å². The Bertz CT molecular complexity index is 450. The molecule has 0 aromatic heterocycles. The molecule has 0 fully saturated rings. The van der Waals surface area contributed by atoms with E-state index in [2.05, 4.69) is 26.0 Å². The first-order valence-electron chi connectivity index (χ1n) is 16.7. The highest BCUT2D eigenvalue weighted by atomic mass is 16.3. The molecule has 0 aromatic rings. The van der Waals surface area contributed by atoms with E-state index in [1.165, 1.54) is 116 Å². The van der Waals surface area contributed by atoms with E-state index in [1.807, 2.05) is 0 Å². The van der Waals surface area contributed by atoms with Crippen LogP contribution in [0.1, 0.15) is 181 Å². The van der Waals surface area contributed by atoms with Crippen molar-refractivity contribution in [3.8, 4) is 0 Å². The summed E-state index contributed by atoms with van der Waals surface area (Å²) in [5.41, 5.74) is 0. The lowest BCUT2D eigenvalue weighted by atomic mass is 9.97. The van der Waals surface area contributed by atoms with Crippen molar-refractivity contribution in [2.75, 3.05) is 6.61 Å². The van der Waals surface area contributed by atoms with Crippen molar-refractivity contribution in [3.63, 3.8) is 0 Å². The van der Waals surface area contributed by atoms with E-state index in [9.17, 15) is 10.2 Å². The third-order valence-corrected chi connectivity index (χ3v) is 7.94. The molecule has 3 heteroatoms. The van der Waals surface area contributed by atoms with Gasteiger partial charge in [0.25, 0.3) is 0 Å². The molecule has 0 rings (SSSR count). The monoisotopic (exact) mass is 525 g/mol. The normalized spacial score (nSPS) is 14.4. The van der Waals surface area contributed by atoms with Crippen molar-refractivity contribution < 1.29 is 15.3 Å². The summed E-state index contributed by atoms with van der Waals surface area (Å²) in [6.45, 7) is 5.01. The Kier molecular flexibility index (Phi) is 29.9. The Morgan fingerprint density at radius 2 is 0.919 bits per heavy atom. The summed E-state index contributed by atoms with van der Waals surface area (Å²) in [6.07, 6.45) is 35.5. The molecule has 0 saturated heterocycles. The Balaban J connectivity index is 3.37. The highest BCUT2D eigenvalue weighted by Gasteiger charge is 2.11. The lowest BCUT2D eigenvalue weighted by molar-refractivity contribution is 0.0680. The predicted octanol–water partition coefficient (Wildman–Crippen LogP) is 10.1. The van der Waals surface area contributed by atoms with Crippen LogP contribution < -0.4 is 0 Å². The topological polar surface area (TPSA) is 60.7 Å². The molecule has 0 aliphatic carbocycles. The Hall–Kier alpha value is -0.380. The van der Waals surface area contributed by atoms with Crippen LogP contribution in [-0.4, -0.2) is 34.1 Å². The summed E-state index contributed by atoms with van der Waals surface area (Å²) in [7, 11) is 0. The molecule has 0 radical (unpaired) electrons. The Morgan fingerprint density at radius 3 is 1.46 bits per heavy atom. The summed E-state index contributed by atoms with van der Waals surface area (Å²) in [5, 5.41) is 29.1. The van der Waals surface area contributed by atoms with E-state index >= 15 is 0 Å². The molecule has 0 aromatic carbocycles. The van der Waals surface area contributed by atoms with Gasteiger partial charge in [-0.25, -0.2) is 0 Å². The van der Waals surface area contributed by atoms with Crippen LogP contribution in [0, 0.1) is 5.92 Å². The second-order valence-corrected chi connectivity index (χ2v) is 11.9. The first-order valence-corrected chi connectivity index (χ1v) is 16.7. The Labute approximate surface area is 232 Å². The number of unbranched alkanes of at least 4 members (excludes halogenated alkanes) is 17. The van der Waals surface area contributed by atoms with Gasteiger partial charge in [-0.15, -0.1) is 0 Å². The van der Waals surface area contributed by atoms with Gasteiger partial charge in [0.15, 0.2) is 0 Å². The molecule has 3 atom stereocenters. The minimum absolute atomic E-state index is 0.299. The standard InChI is InChI=1S/C34H68O3/c1-3-4-5-6-16-21-26-32(2)27-22-17-12-10-8-7-9-11-13-18-23-28-33(36)31-34(37)29-24-19-14-15-20-25-30-35/h12,17,32-37H,3-11,13-16,18-31H2,1-2H3. The maximum Gasteiger partial charge on any atom is 0.0564 e. The van der Waals surface area contributed by atoms with Crippen molar-refractivity contribution in [3.05, 3.63) is 12.2 Å². The summed E-state index contributed by atoms with van der Waals surface area (Å²) in [4.78, 5) is 0. The number of hydrogen-bond donors (Lipinski definition) is 3. The summed E-state index contributed by atoms with van der Waals surface area (Å²) >= 11 is 0. The maximum absolute atomic E-state index is 10.2. The minimum Gasteiger partial charge on any atom is -0.396 e. The number of allylic oxidation sites excluding steroid dienone is 2. The molecule has 37 heavy (non-hydrogen) atoms. The van der Waals surface area contributed by atoms with Gasteiger partial charge < -0.3 is 15.3 Å². The fourth-order valence-electron chi connectivity index (χ4n) is 5.31. The van der Waals surface area contributed by atoms with Gasteiger partial charge in [0, 0.05) is 6.61 Å². The van der Waals surface area contributed by atoms with E-state index in [4.69, 9.17) is 5.11 Å². The van der Waals surface area contributed by atoms with Crippen LogP contribution in [0.15, 0.2) is 12.2 Å². The van der Waals surface area contributed by atoms with Crippen LogP contribution in [0.5, 0.6) is 0 Å². The fraction of sp³-hybridized carbons (Fsp3) is 0.941. The number of aliphatic hydroxyl groups excluding tert-OH is 3. The van der Waals surface area contributed by atoms with Crippen LogP contribution in [0.3, 0.4) is 0 Å². The molecule has 0 aliphatic rings. The molecule has 0 bridgehead atoms. The average molecular weight is 525 g/mol. The van der Waals surface area contributed by atoms with Crippen molar-refractivity contribution >= 4 is 0 Å². The van der Waals surface area contributed by atoms with Gasteiger partial charge in [-0.05, 0) is 57.3 Å². The lowest BCUT2D eigenvalue weighted by Crippen LogP contribution is -2.17. The van der Waals surface area contributed by atoms with Crippen molar-refractivity contribution in [2.24, 2.45) is 5.92 Å². The third kappa shape index (κ3) is 30.0. The van der Waals surface area contributed by atoms with Gasteiger partial charge in [-0.1, -0.05) is 142 Å². The molecule has 3 unspecified atom stereocenters. The van der Waals surface area contributed by atoms with Crippen LogP contribution in [0.25, 0.3) is 0 Å². The number of aliphatic hydroxyl groups is 3. The van der Waals surface area contributed by atoms with Gasteiger partial charge >= 0.3 is 0 Å². The SMILES string of the molecule is CCCCCCCCC(C)CCC=CCCCCCCCCCC(O)CC(O)CCCCCCCCO. The van der Waals surface area contributed by atoms with Gasteiger partial charge in [-0.2, -0.15) is 0 Å². The maximum atomic E-state index is 10.2. The zero-order valence-electron chi connectivity index (χ0n) is 25.3. The predicted molar refractivity (Wildman–Crippen MR) is 163 cm³/mol. The molecule has 222 valence electrons. The Morgan fingerprint density at radius 1 is 0.486 bits per heavy atom. The quantitative estimate of drug-likeness (QED) is 0.0647. The van der Waals surface area contributed by atoms with E-state index < -0.39 is 0 Å². The smallest absolute Gasteiger partial charge is 0.0564 e. The minimum atomic E-state index is -0.352. The largest absolute Gasteiger partial charge is 0.396 e. The molecule has 0 aliphatic heterocycles. The molecule has 0 spiro atoms. The van der Waals surface area contributed by atoms with Crippen LogP contribution in [0.4, 0.5) is 0 Å². The van der Waals surface area contributed by atoms with E-state index in [-0.39, 0.29) is 12.2 Å². The lowest BCUT2D eigenvalue weighted by Gasteiger charge is -2.15. The second kappa shape index (κ2) is 30.2. The summed E-state index contributed by atoms with van der Waals surface area (Å²) in [5.74, 6) is 0.880. The van der Waals surface area contributed by atoms with Gasteiger partial charge in [0.1, 0.15) is 0 Å². The van der Waals surface area contributed by atoms with Gasteiger partial charge in [0.2, 0.25) is 0 Å². The third-order valence-electron chi connectivity index (χ3n) is 7.94. The van der Waals surface area contributed by atoms with Crippen molar-refractivity contribution in [1.29, 1.82) is 0 Å². The van der Waals surface area contributed by atoms with Gasteiger partial charge in [-0.3, -0.25) is 0 Å². The summed E-state index contributed by atoms with van der Waals surface area (Å²) in [6, 6.07) is 0. The molecular weight excluding hydrogens is 456 g/mol. The fourth-order valence-corrected chi connectivity index (χ4v) is 5.31. The van der Waals surface area contributed by atoms with Gasteiger partial charge in [0.05, 0.1) is 12.2 Å². The highest BCUT2D eigenvalue weighted by molar-refractivity contribution is 4.82. The van der Waals surface area contributed by atoms with E-state index in [1.54, 1.807) is 0 Å². The zero-order chi connectivity index (χ0) is 27.2. The first kappa shape index (κ1) is 36.6. The molecule has 3 N–H and O–H groups in total. The zero-order valence-corrected chi connectivity index (χ0v) is 25.3. The molecular formula is C34H68O3. The molecule has 3 nitrogen and oxygen atoms in total. The second-order valence-electron chi connectivity index (χ2n) is 11.9. The van der Waals surface area contributed by atoms with E-state index in [0.29, 0.717) is 13.0 Å². The van der Waals surface area contributed by atoms with Crippen LogP contribution in [-0.2, 0) is 0 Å². The van der Waals surface area contributed by atoms with Crippen LogP contribution >= 0.6 is 0 Å². The van der Waals surface area contributed by atoms with Crippen molar-refractivity contribution in [1.82, 2.24) is 0 Å².